The number of nitrogens with zero attached hydrogens (tertiary/aromatic N) is 1. The molecule has 172 valence electrons. The molecule has 1 aliphatic rings. The Hall–Kier alpha value is -1.93. The Kier molecular flexibility index (Phi) is 12.3. The fourth-order valence-corrected chi connectivity index (χ4v) is 3.83. The molecule has 4 atom stereocenters. The molecule has 0 aliphatic carbocycles. The van der Waals surface area contributed by atoms with E-state index in [1.807, 2.05) is 32.9 Å². The minimum atomic E-state index is -0.943. The molecule has 1 aliphatic heterocycles. The van der Waals surface area contributed by atoms with Crippen molar-refractivity contribution in [2.24, 2.45) is 5.92 Å². The largest absolute Gasteiger partial charge is 0.480 e. The molecule has 4 unspecified atom stereocenters. The topological polar surface area (TPSA) is 105 Å². The van der Waals surface area contributed by atoms with Gasteiger partial charge in [0, 0.05) is 25.9 Å². The normalized spacial score (nSPS) is 22.9. The molecule has 0 bridgehead atoms. The first-order chi connectivity index (χ1) is 14.3. The summed E-state index contributed by atoms with van der Waals surface area (Å²) in [6.45, 7) is 8.75. The number of likely N-dealkylation sites (tertiary alicyclic amines) is 1. The number of ether oxygens (including phenoxy) is 2. The van der Waals surface area contributed by atoms with Gasteiger partial charge in [-0.25, -0.2) is 0 Å². The minimum absolute atomic E-state index is 0.125. The SMILES string of the molecule is CC=CC1CC(C(=O)O)N(CC(CCC)OCCNC(C)=O)C1C(=O)OCCCC. The van der Waals surface area contributed by atoms with Gasteiger partial charge in [0.05, 0.1) is 19.3 Å². The Bertz CT molecular complexity index is 580. The highest BCUT2D eigenvalue weighted by atomic mass is 16.5. The van der Waals surface area contributed by atoms with Crippen molar-refractivity contribution in [1.29, 1.82) is 0 Å². The number of rotatable bonds is 14. The molecule has 8 heteroatoms. The molecule has 0 spiro atoms. The van der Waals surface area contributed by atoms with Crippen LogP contribution in [0.1, 0.15) is 59.8 Å². The van der Waals surface area contributed by atoms with Crippen LogP contribution in [0, 0.1) is 5.92 Å². The molecule has 0 aromatic rings. The number of carboxylic acids is 1. The van der Waals surface area contributed by atoms with Gasteiger partial charge in [-0.05, 0) is 26.2 Å². The lowest BCUT2D eigenvalue weighted by Gasteiger charge is -2.31. The van der Waals surface area contributed by atoms with Gasteiger partial charge in [0.1, 0.15) is 12.1 Å². The van der Waals surface area contributed by atoms with Crippen LogP contribution in [0.15, 0.2) is 12.2 Å². The highest BCUT2D eigenvalue weighted by molar-refractivity contribution is 5.81. The summed E-state index contributed by atoms with van der Waals surface area (Å²) >= 11 is 0. The monoisotopic (exact) mass is 426 g/mol. The fourth-order valence-electron chi connectivity index (χ4n) is 3.83. The van der Waals surface area contributed by atoms with Crippen molar-refractivity contribution in [3.05, 3.63) is 12.2 Å². The number of unbranched alkanes of at least 4 members (excludes halogenated alkanes) is 1. The first-order valence-electron chi connectivity index (χ1n) is 11.0. The number of carbonyl (C=O) groups excluding carboxylic acids is 2. The van der Waals surface area contributed by atoms with Gasteiger partial charge < -0.3 is 19.9 Å². The molecule has 1 saturated heterocycles. The molecule has 0 saturated carbocycles. The predicted molar refractivity (Wildman–Crippen MR) is 114 cm³/mol. The van der Waals surface area contributed by atoms with E-state index in [0.717, 1.165) is 25.7 Å². The zero-order valence-corrected chi connectivity index (χ0v) is 18.8. The van der Waals surface area contributed by atoms with Gasteiger partial charge in [0.2, 0.25) is 5.91 Å². The van der Waals surface area contributed by atoms with E-state index in [0.29, 0.717) is 32.7 Å². The second-order valence-electron chi connectivity index (χ2n) is 7.71. The Labute approximate surface area is 180 Å². The van der Waals surface area contributed by atoms with E-state index in [1.165, 1.54) is 6.92 Å². The fraction of sp³-hybridized carbons (Fsp3) is 0.773. The van der Waals surface area contributed by atoms with Gasteiger partial charge in [-0.3, -0.25) is 19.3 Å². The number of carboxylic acid groups (broad SMARTS) is 1. The minimum Gasteiger partial charge on any atom is -0.480 e. The molecule has 0 aromatic heterocycles. The number of hydrogen-bond donors (Lipinski definition) is 2. The summed E-state index contributed by atoms with van der Waals surface area (Å²) in [6.07, 6.45) is 7.16. The first kappa shape index (κ1) is 26.1. The number of aliphatic carboxylic acids is 1. The van der Waals surface area contributed by atoms with Crippen LogP contribution in [0.25, 0.3) is 0 Å². The molecule has 2 N–H and O–H groups in total. The van der Waals surface area contributed by atoms with Gasteiger partial charge in [-0.1, -0.05) is 38.8 Å². The summed E-state index contributed by atoms with van der Waals surface area (Å²) in [5.41, 5.74) is 0. The molecule has 30 heavy (non-hydrogen) atoms. The summed E-state index contributed by atoms with van der Waals surface area (Å²) in [5, 5.41) is 12.5. The lowest BCUT2D eigenvalue weighted by atomic mass is 9.98. The van der Waals surface area contributed by atoms with Crippen molar-refractivity contribution < 1.29 is 29.0 Å². The zero-order chi connectivity index (χ0) is 22.5. The average Bonchev–Trinajstić information content (AvgIpc) is 3.04. The van der Waals surface area contributed by atoms with Gasteiger partial charge in [-0.15, -0.1) is 0 Å². The summed E-state index contributed by atoms with van der Waals surface area (Å²) in [7, 11) is 0. The van der Waals surface area contributed by atoms with E-state index in [-0.39, 0.29) is 23.9 Å². The van der Waals surface area contributed by atoms with E-state index in [9.17, 15) is 19.5 Å². The Morgan fingerprint density at radius 2 is 1.97 bits per heavy atom. The maximum atomic E-state index is 12.9. The Balaban J connectivity index is 2.97. The van der Waals surface area contributed by atoms with E-state index in [1.54, 1.807) is 4.90 Å². The van der Waals surface area contributed by atoms with Crippen molar-refractivity contribution in [2.45, 2.75) is 78.0 Å². The van der Waals surface area contributed by atoms with Crippen LogP contribution in [-0.2, 0) is 23.9 Å². The van der Waals surface area contributed by atoms with E-state index >= 15 is 0 Å². The number of amides is 1. The highest BCUT2D eigenvalue weighted by Crippen LogP contribution is 2.33. The smallest absolute Gasteiger partial charge is 0.323 e. The Morgan fingerprint density at radius 3 is 2.53 bits per heavy atom. The van der Waals surface area contributed by atoms with E-state index in [4.69, 9.17) is 9.47 Å². The Morgan fingerprint density at radius 1 is 1.23 bits per heavy atom. The maximum Gasteiger partial charge on any atom is 0.323 e. The van der Waals surface area contributed by atoms with Crippen LogP contribution >= 0.6 is 0 Å². The number of nitrogens with one attached hydrogen (secondary N) is 1. The number of esters is 1. The second-order valence-corrected chi connectivity index (χ2v) is 7.71. The van der Waals surface area contributed by atoms with Crippen LogP contribution in [0.3, 0.4) is 0 Å². The standard InChI is InChI=1S/C22H38N2O6/c1-5-8-12-30-22(28)20-17(9-6-2)14-19(21(26)27)24(20)15-18(10-7-3)29-13-11-23-16(4)25/h6,9,17-20H,5,7-8,10-15H2,1-4H3,(H,23,25)(H,26,27). The lowest BCUT2D eigenvalue weighted by Crippen LogP contribution is -2.49. The van der Waals surface area contributed by atoms with Crippen molar-refractivity contribution in [1.82, 2.24) is 10.2 Å². The van der Waals surface area contributed by atoms with Crippen molar-refractivity contribution in [2.75, 3.05) is 26.3 Å². The molecule has 1 amide bonds. The van der Waals surface area contributed by atoms with Crippen LogP contribution in [0.2, 0.25) is 0 Å². The third kappa shape index (κ3) is 8.44. The molecule has 0 aromatic carbocycles. The van der Waals surface area contributed by atoms with Crippen LogP contribution in [0.5, 0.6) is 0 Å². The second kappa shape index (κ2) is 14.1. The average molecular weight is 427 g/mol. The predicted octanol–water partition coefficient (Wildman–Crippen LogP) is 2.37. The maximum absolute atomic E-state index is 12.9. The van der Waals surface area contributed by atoms with Crippen molar-refractivity contribution in [3.63, 3.8) is 0 Å². The van der Waals surface area contributed by atoms with Gasteiger partial charge >= 0.3 is 11.9 Å². The highest BCUT2D eigenvalue weighted by Gasteiger charge is 2.48. The molecule has 8 nitrogen and oxygen atoms in total. The summed E-state index contributed by atoms with van der Waals surface area (Å²) in [5.74, 6) is -1.65. The number of allylic oxidation sites excluding steroid dienone is 1. The van der Waals surface area contributed by atoms with Gasteiger partial charge in [0.25, 0.3) is 0 Å². The van der Waals surface area contributed by atoms with E-state index in [2.05, 4.69) is 5.32 Å². The van der Waals surface area contributed by atoms with Crippen LogP contribution < -0.4 is 5.32 Å². The third-order valence-electron chi connectivity index (χ3n) is 5.22. The summed E-state index contributed by atoms with van der Waals surface area (Å²) < 4.78 is 11.4. The molecule has 1 fully saturated rings. The van der Waals surface area contributed by atoms with E-state index < -0.39 is 18.1 Å². The number of carbonyl (C=O) groups is 3. The summed E-state index contributed by atoms with van der Waals surface area (Å²) in [6, 6.07) is -1.41. The molecule has 1 rings (SSSR count). The third-order valence-corrected chi connectivity index (χ3v) is 5.22. The molecular weight excluding hydrogens is 388 g/mol. The lowest BCUT2D eigenvalue weighted by molar-refractivity contribution is -0.153. The van der Waals surface area contributed by atoms with Crippen LogP contribution in [-0.4, -0.2) is 72.3 Å². The molecule has 0 radical (unpaired) electrons. The first-order valence-corrected chi connectivity index (χ1v) is 11.0. The van der Waals surface area contributed by atoms with Gasteiger partial charge in [0.15, 0.2) is 0 Å². The number of hydrogen-bond acceptors (Lipinski definition) is 6. The van der Waals surface area contributed by atoms with Gasteiger partial charge in [-0.2, -0.15) is 0 Å². The van der Waals surface area contributed by atoms with Crippen LogP contribution in [0.4, 0.5) is 0 Å². The van der Waals surface area contributed by atoms with Crippen molar-refractivity contribution in [3.8, 4) is 0 Å². The zero-order valence-electron chi connectivity index (χ0n) is 18.8. The molecule has 1 heterocycles. The summed E-state index contributed by atoms with van der Waals surface area (Å²) in [4.78, 5) is 37.6. The molecular formula is C22H38N2O6. The quantitative estimate of drug-likeness (QED) is 0.250. The van der Waals surface area contributed by atoms with Crippen molar-refractivity contribution >= 4 is 17.8 Å².